The number of hydrogen-bond donors (Lipinski definition) is 2. The van der Waals surface area contributed by atoms with E-state index < -0.39 is 21.7 Å². The van der Waals surface area contributed by atoms with Crippen LogP contribution in [-0.2, 0) is 27.8 Å². The van der Waals surface area contributed by atoms with Crippen LogP contribution in [0.25, 0.3) is 0 Å². The molecule has 10 nitrogen and oxygen atoms in total. The number of anilines is 1. The van der Waals surface area contributed by atoms with E-state index in [2.05, 4.69) is 10.4 Å². The molecule has 1 heterocycles. The molecule has 230 valence electrons. The second kappa shape index (κ2) is 14.2. The summed E-state index contributed by atoms with van der Waals surface area (Å²) in [6, 6.07) is 26.4. The number of para-hydroxylation sites is 2. The van der Waals surface area contributed by atoms with E-state index in [4.69, 9.17) is 9.47 Å². The Labute approximate surface area is 256 Å². The topological polar surface area (TPSA) is 137 Å². The number of carboxylic acid groups (broad SMARTS) is 1. The first kappa shape index (κ1) is 30.8. The van der Waals surface area contributed by atoms with Crippen LogP contribution in [0.3, 0.4) is 0 Å². The van der Waals surface area contributed by atoms with Gasteiger partial charge >= 0.3 is 5.97 Å². The smallest absolute Gasteiger partial charge is 0.356 e. The second-order valence-electron chi connectivity index (χ2n) is 10.9. The zero-order valence-corrected chi connectivity index (χ0v) is 25.0. The van der Waals surface area contributed by atoms with E-state index in [0.29, 0.717) is 22.9 Å². The highest BCUT2D eigenvalue weighted by Gasteiger charge is 2.31. The van der Waals surface area contributed by atoms with Crippen molar-refractivity contribution in [1.29, 1.82) is 0 Å². The Hall–Kier alpha value is -4.64. The molecule has 3 aromatic carbocycles. The zero-order valence-electron chi connectivity index (χ0n) is 24.2. The minimum atomic E-state index is -3.47. The highest BCUT2D eigenvalue weighted by atomic mass is 32.2. The maximum Gasteiger partial charge on any atom is 0.356 e. The van der Waals surface area contributed by atoms with Gasteiger partial charge in [0.25, 0.3) is 0 Å². The van der Waals surface area contributed by atoms with Crippen LogP contribution < -0.4 is 14.8 Å². The molecule has 1 unspecified atom stereocenters. The number of carbonyl (C=O) groups excluding carboxylic acids is 1. The zero-order chi connectivity index (χ0) is 30.9. The molecule has 5 rings (SSSR count). The van der Waals surface area contributed by atoms with Crippen LogP contribution in [0.2, 0.25) is 0 Å². The molecule has 1 aromatic heterocycles. The number of rotatable bonds is 13. The van der Waals surface area contributed by atoms with Crippen molar-refractivity contribution in [2.45, 2.75) is 43.7 Å². The first-order chi connectivity index (χ1) is 21.3. The van der Waals surface area contributed by atoms with Gasteiger partial charge in [0.2, 0.25) is 11.8 Å². The van der Waals surface area contributed by atoms with Gasteiger partial charge in [-0.05, 0) is 54.5 Å². The number of hydrogen-bond acceptors (Lipinski definition) is 7. The quantitative estimate of drug-likeness (QED) is 0.202. The fourth-order valence-corrected chi connectivity index (χ4v) is 7.18. The van der Waals surface area contributed by atoms with E-state index in [-0.39, 0.29) is 42.3 Å². The molecule has 2 atom stereocenters. The summed E-state index contributed by atoms with van der Waals surface area (Å²) >= 11 is 0. The van der Waals surface area contributed by atoms with Gasteiger partial charge < -0.3 is 19.9 Å². The summed E-state index contributed by atoms with van der Waals surface area (Å²) in [6.45, 7) is 0.200. The predicted molar refractivity (Wildman–Crippen MR) is 164 cm³/mol. The molecular formula is C33H35N3O7S. The van der Waals surface area contributed by atoms with Gasteiger partial charge in [-0.15, -0.1) is 0 Å². The minimum absolute atomic E-state index is 0.0127. The third kappa shape index (κ3) is 8.04. The Balaban J connectivity index is 1.25. The number of amides is 1. The van der Waals surface area contributed by atoms with E-state index in [1.165, 1.54) is 10.7 Å². The van der Waals surface area contributed by atoms with Crippen molar-refractivity contribution in [1.82, 2.24) is 9.78 Å². The first-order valence-electron chi connectivity index (χ1n) is 14.6. The summed E-state index contributed by atoms with van der Waals surface area (Å²) in [5.74, 6) is -1.24. The first-order valence-corrected chi connectivity index (χ1v) is 16.2. The normalized spacial score (nSPS) is 16.6. The van der Waals surface area contributed by atoms with Crippen molar-refractivity contribution in [2.24, 2.45) is 11.8 Å². The highest BCUT2D eigenvalue weighted by molar-refractivity contribution is 7.91. The van der Waals surface area contributed by atoms with Crippen molar-refractivity contribution in [3.8, 4) is 11.6 Å². The van der Waals surface area contributed by atoms with Crippen molar-refractivity contribution in [3.05, 3.63) is 102 Å². The summed E-state index contributed by atoms with van der Waals surface area (Å²) in [6.07, 6.45) is 3.43. The maximum atomic E-state index is 13.1. The van der Waals surface area contributed by atoms with Crippen molar-refractivity contribution in [3.63, 3.8) is 0 Å². The molecule has 1 aliphatic carbocycles. The van der Waals surface area contributed by atoms with Crippen LogP contribution in [-0.4, -0.2) is 47.5 Å². The molecule has 2 N–H and O–H groups in total. The van der Waals surface area contributed by atoms with E-state index in [0.717, 1.165) is 31.2 Å². The molecular weight excluding hydrogens is 582 g/mol. The molecule has 0 spiro atoms. The monoisotopic (exact) mass is 617 g/mol. The van der Waals surface area contributed by atoms with Gasteiger partial charge in [0.05, 0.1) is 22.9 Å². The number of nitrogens with one attached hydrogen (secondary N) is 1. The second-order valence-corrected chi connectivity index (χ2v) is 12.9. The Morgan fingerprint density at radius 3 is 2.27 bits per heavy atom. The fraction of sp³-hybridized carbons (Fsp3) is 0.303. The maximum absolute atomic E-state index is 13.1. The number of aromatic carboxylic acids is 1. The molecule has 44 heavy (non-hydrogen) atoms. The Morgan fingerprint density at radius 2 is 1.55 bits per heavy atom. The van der Waals surface area contributed by atoms with E-state index in [1.807, 2.05) is 30.3 Å². The molecule has 1 amide bonds. The lowest BCUT2D eigenvalue weighted by atomic mass is 9.81. The largest absolute Gasteiger partial charge is 0.487 e. The van der Waals surface area contributed by atoms with Crippen LogP contribution in [0.4, 0.5) is 5.69 Å². The Kier molecular flexibility index (Phi) is 9.96. The lowest BCUT2D eigenvalue weighted by molar-refractivity contribution is -0.117. The Bertz CT molecular complexity index is 1670. The molecule has 0 bridgehead atoms. The fourth-order valence-electron chi connectivity index (χ4n) is 5.41. The number of nitrogens with zero attached hydrogens (tertiary/aromatic N) is 2. The molecule has 1 fully saturated rings. The molecule has 0 radical (unpaired) electrons. The predicted octanol–water partition coefficient (Wildman–Crippen LogP) is 5.46. The van der Waals surface area contributed by atoms with Crippen LogP contribution in [0.15, 0.2) is 95.9 Å². The van der Waals surface area contributed by atoms with Gasteiger partial charge in [0.1, 0.15) is 18.9 Å². The van der Waals surface area contributed by atoms with Crippen LogP contribution in [0.1, 0.15) is 41.7 Å². The number of benzene rings is 3. The summed E-state index contributed by atoms with van der Waals surface area (Å²) in [5.41, 5.74) is 1.18. The van der Waals surface area contributed by atoms with Crippen molar-refractivity contribution < 1.29 is 32.6 Å². The number of carboxylic acids is 1. The number of sulfone groups is 1. The molecule has 11 heteroatoms. The van der Waals surface area contributed by atoms with Crippen LogP contribution in [0, 0.1) is 11.8 Å². The van der Waals surface area contributed by atoms with Gasteiger partial charge in [-0.1, -0.05) is 73.5 Å². The van der Waals surface area contributed by atoms with Crippen LogP contribution >= 0.6 is 0 Å². The van der Waals surface area contributed by atoms with Gasteiger partial charge in [-0.2, -0.15) is 5.10 Å². The van der Waals surface area contributed by atoms with Gasteiger partial charge in [-0.25, -0.2) is 17.9 Å². The van der Waals surface area contributed by atoms with Crippen molar-refractivity contribution in [2.75, 3.05) is 17.7 Å². The molecule has 0 saturated heterocycles. The molecule has 1 aliphatic rings. The summed E-state index contributed by atoms with van der Waals surface area (Å²) in [4.78, 5) is 25.1. The third-order valence-corrected chi connectivity index (χ3v) is 9.56. The minimum Gasteiger partial charge on any atom is -0.487 e. The highest BCUT2D eigenvalue weighted by Crippen LogP contribution is 2.33. The van der Waals surface area contributed by atoms with E-state index in [9.17, 15) is 23.1 Å². The average molecular weight is 618 g/mol. The summed E-state index contributed by atoms with van der Waals surface area (Å²) in [7, 11) is -3.47. The van der Waals surface area contributed by atoms with Crippen molar-refractivity contribution >= 4 is 27.4 Å². The standard InChI is InChI=1S/C33H35N3O7S/c37-31(34-28-17-9-10-18-30(28)42-21-24-11-3-1-4-12-24)20-36-32(19-29(35-36)33(38)39)43-22-25-13-7-8-14-26(25)23-44(40,41)27-15-5-2-6-16-27/h1-6,9-12,15-19,25-26H,7-8,13-14,20-23H2,(H,34,37)(H,38,39)/t25?,26-/m1/s1. The summed E-state index contributed by atoms with van der Waals surface area (Å²) in [5, 5.41) is 16.5. The third-order valence-electron chi connectivity index (χ3n) is 7.70. The van der Waals surface area contributed by atoms with E-state index >= 15 is 0 Å². The van der Waals surface area contributed by atoms with E-state index in [1.54, 1.807) is 54.6 Å². The Morgan fingerprint density at radius 1 is 0.886 bits per heavy atom. The van der Waals surface area contributed by atoms with Gasteiger partial charge in [0, 0.05) is 6.07 Å². The summed E-state index contributed by atoms with van der Waals surface area (Å²) < 4.78 is 39.4. The average Bonchev–Trinajstić information content (AvgIpc) is 3.43. The van der Waals surface area contributed by atoms with Crippen LogP contribution in [0.5, 0.6) is 11.6 Å². The van der Waals surface area contributed by atoms with Gasteiger partial charge in [-0.3, -0.25) is 4.79 Å². The molecule has 0 aliphatic heterocycles. The molecule has 1 saturated carbocycles. The number of ether oxygens (including phenoxy) is 2. The lowest BCUT2D eigenvalue weighted by Crippen LogP contribution is -2.31. The number of aromatic nitrogens is 2. The number of carbonyl (C=O) groups is 2. The SMILES string of the molecule is O=C(Cn1nc(C(=O)O)cc1OCC1CCCC[C@@H]1CS(=O)(=O)c1ccccc1)Nc1ccccc1OCc1ccccc1. The lowest BCUT2D eigenvalue weighted by Gasteiger charge is -2.31. The molecule has 4 aromatic rings. The van der Waals surface area contributed by atoms with Gasteiger partial charge in [0.15, 0.2) is 15.5 Å².